The molecule has 0 spiro atoms. The summed E-state index contributed by atoms with van der Waals surface area (Å²) in [6, 6.07) is 4.38. The van der Waals surface area contributed by atoms with Crippen LogP contribution in [0.2, 0.25) is 0 Å². The van der Waals surface area contributed by atoms with Crippen molar-refractivity contribution in [2.75, 3.05) is 6.61 Å². The highest BCUT2D eigenvalue weighted by Gasteiger charge is 2.34. The Labute approximate surface area is 162 Å². The summed E-state index contributed by atoms with van der Waals surface area (Å²) in [4.78, 5) is 12.7. The molecule has 0 aromatic heterocycles. The quantitative estimate of drug-likeness (QED) is 0.696. The van der Waals surface area contributed by atoms with Crippen molar-refractivity contribution in [3.8, 4) is 28.7 Å². The van der Waals surface area contributed by atoms with E-state index < -0.39 is 6.10 Å². The van der Waals surface area contributed by atoms with Crippen molar-refractivity contribution >= 4 is 5.78 Å². The van der Waals surface area contributed by atoms with E-state index in [2.05, 4.69) is 0 Å². The van der Waals surface area contributed by atoms with Gasteiger partial charge in [0.05, 0.1) is 13.0 Å². The van der Waals surface area contributed by atoms with Crippen LogP contribution in [0, 0.1) is 0 Å². The van der Waals surface area contributed by atoms with Gasteiger partial charge in [-0.1, -0.05) is 11.6 Å². The van der Waals surface area contributed by atoms with Gasteiger partial charge in [0.25, 0.3) is 0 Å². The monoisotopic (exact) mass is 382 g/mol. The molecule has 0 fully saturated rings. The number of carbonyl (C=O) groups is 1. The zero-order valence-electron chi connectivity index (χ0n) is 15.8. The molecule has 2 heterocycles. The Morgan fingerprint density at radius 1 is 1.21 bits per heavy atom. The molecule has 1 unspecified atom stereocenters. The predicted molar refractivity (Wildman–Crippen MR) is 103 cm³/mol. The number of phenolic OH excluding ortho intramolecular Hbond substituents is 3. The Balaban J connectivity index is 1.81. The van der Waals surface area contributed by atoms with E-state index in [0.29, 0.717) is 30.8 Å². The maximum Gasteiger partial charge on any atom is 0.174 e. The van der Waals surface area contributed by atoms with Crippen LogP contribution in [-0.4, -0.2) is 27.7 Å². The molecule has 4 rings (SSSR count). The Morgan fingerprint density at radius 3 is 2.75 bits per heavy atom. The normalized spacial score (nSPS) is 17.4. The number of ketones is 1. The molecule has 2 aromatic carbocycles. The van der Waals surface area contributed by atoms with Gasteiger partial charge in [0.1, 0.15) is 28.9 Å². The summed E-state index contributed by atoms with van der Waals surface area (Å²) < 4.78 is 11.6. The number of aromatic hydroxyl groups is 3. The number of fused-ring (bicyclic) bond motifs is 2. The smallest absolute Gasteiger partial charge is 0.174 e. The molecule has 6 nitrogen and oxygen atoms in total. The SMILES string of the molecule is CC(C)=CCc1c(C2CC(=O)c3c(O)cc(O)cc3O2)cc2c(c1O)OCC2. The van der Waals surface area contributed by atoms with Crippen LogP contribution in [0.3, 0.4) is 0 Å². The molecular formula is C22H22O6. The lowest BCUT2D eigenvalue weighted by Crippen LogP contribution is -2.21. The van der Waals surface area contributed by atoms with Gasteiger partial charge >= 0.3 is 0 Å². The molecule has 6 heteroatoms. The van der Waals surface area contributed by atoms with Gasteiger partial charge in [-0.25, -0.2) is 0 Å². The van der Waals surface area contributed by atoms with Gasteiger partial charge < -0.3 is 24.8 Å². The fourth-order valence-electron chi connectivity index (χ4n) is 3.78. The Kier molecular flexibility index (Phi) is 4.41. The van der Waals surface area contributed by atoms with E-state index in [9.17, 15) is 20.1 Å². The highest BCUT2D eigenvalue weighted by atomic mass is 16.5. The predicted octanol–water partition coefficient (Wildman–Crippen LogP) is 3.95. The molecule has 0 aliphatic carbocycles. The fraction of sp³-hybridized carbons (Fsp3) is 0.318. The molecule has 0 radical (unpaired) electrons. The Morgan fingerprint density at radius 2 is 2.00 bits per heavy atom. The van der Waals surface area contributed by atoms with E-state index in [1.165, 1.54) is 6.07 Å². The van der Waals surface area contributed by atoms with Crippen LogP contribution in [0.25, 0.3) is 0 Å². The molecule has 1 atom stereocenters. The number of phenols is 3. The van der Waals surface area contributed by atoms with Crippen molar-refractivity contribution in [3.63, 3.8) is 0 Å². The maximum absolute atomic E-state index is 12.7. The molecular weight excluding hydrogens is 360 g/mol. The number of Topliss-reactive ketones (excluding diaryl/α,β-unsaturated/α-hetero) is 1. The first kappa shape index (κ1) is 18.2. The lowest BCUT2D eigenvalue weighted by Gasteiger charge is -2.28. The lowest BCUT2D eigenvalue weighted by molar-refractivity contribution is 0.0843. The zero-order chi connectivity index (χ0) is 20.0. The first-order valence-electron chi connectivity index (χ1n) is 9.24. The largest absolute Gasteiger partial charge is 0.508 e. The molecule has 2 aliphatic rings. The summed E-state index contributed by atoms with van der Waals surface area (Å²) in [7, 11) is 0. The average molecular weight is 382 g/mol. The summed E-state index contributed by atoms with van der Waals surface area (Å²) in [6.07, 6.45) is 2.56. The molecule has 28 heavy (non-hydrogen) atoms. The van der Waals surface area contributed by atoms with Gasteiger partial charge in [0, 0.05) is 35.2 Å². The average Bonchev–Trinajstić information content (AvgIpc) is 3.08. The number of hydrogen-bond acceptors (Lipinski definition) is 6. The number of hydrogen-bond donors (Lipinski definition) is 3. The van der Waals surface area contributed by atoms with Crippen molar-refractivity contribution in [1.82, 2.24) is 0 Å². The third-order valence-corrected chi connectivity index (χ3v) is 5.13. The van der Waals surface area contributed by atoms with Crippen LogP contribution in [-0.2, 0) is 12.8 Å². The summed E-state index contributed by atoms with van der Waals surface area (Å²) in [5.41, 5.74) is 3.45. The van der Waals surface area contributed by atoms with Gasteiger partial charge in [0.15, 0.2) is 17.3 Å². The van der Waals surface area contributed by atoms with Crippen LogP contribution in [0.15, 0.2) is 29.8 Å². The van der Waals surface area contributed by atoms with Crippen LogP contribution < -0.4 is 9.47 Å². The molecule has 146 valence electrons. The molecule has 0 saturated carbocycles. The first-order chi connectivity index (χ1) is 13.3. The van der Waals surface area contributed by atoms with Crippen LogP contribution >= 0.6 is 0 Å². The zero-order valence-corrected chi connectivity index (χ0v) is 15.8. The summed E-state index contributed by atoms with van der Waals surface area (Å²) in [6.45, 7) is 4.45. The minimum absolute atomic E-state index is 0.0340. The second-order valence-electron chi connectivity index (χ2n) is 7.44. The highest BCUT2D eigenvalue weighted by Crippen LogP contribution is 2.46. The van der Waals surface area contributed by atoms with Gasteiger partial charge in [-0.3, -0.25) is 4.79 Å². The fourth-order valence-corrected chi connectivity index (χ4v) is 3.78. The van der Waals surface area contributed by atoms with E-state index in [0.717, 1.165) is 22.8 Å². The minimum atomic E-state index is -0.626. The van der Waals surface area contributed by atoms with Crippen molar-refractivity contribution < 1.29 is 29.6 Å². The van der Waals surface area contributed by atoms with Crippen LogP contribution in [0.4, 0.5) is 0 Å². The van der Waals surface area contributed by atoms with E-state index >= 15 is 0 Å². The van der Waals surface area contributed by atoms with E-state index in [-0.39, 0.29) is 40.8 Å². The topological polar surface area (TPSA) is 96.2 Å². The van der Waals surface area contributed by atoms with Crippen LogP contribution in [0.1, 0.15) is 53.4 Å². The first-order valence-corrected chi connectivity index (χ1v) is 9.24. The summed E-state index contributed by atoms with van der Waals surface area (Å²) >= 11 is 0. The van der Waals surface area contributed by atoms with Gasteiger partial charge in [0.2, 0.25) is 0 Å². The number of carbonyl (C=O) groups excluding carboxylic acids is 1. The number of rotatable bonds is 3. The van der Waals surface area contributed by atoms with Crippen molar-refractivity contribution in [3.05, 3.63) is 52.1 Å². The molecule has 0 bridgehead atoms. The van der Waals surface area contributed by atoms with E-state index in [4.69, 9.17) is 9.47 Å². The van der Waals surface area contributed by atoms with Crippen molar-refractivity contribution in [2.24, 2.45) is 0 Å². The molecule has 3 N–H and O–H groups in total. The third-order valence-electron chi connectivity index (χ3n) is 5.13. The second kappa shape index (κ2) is 6.78. The van der Waals surface area contributed by atoms with E-state index in [1.54, 1.807) is 0 Å². The summed E-state index contributed by atoms with van der Waals surface area (Å²) in [5, 5.41) is 30.6. The van der Waals surface area contributed by atoms with Gasteiger partial charge in [-0.15, -0.1) is 0 Å². The summed E-state index contributed by atoms with van der Waals surface area (Å²) in [5.74, 6) is -0.0220. The number of ether oxygens (including phenoxy) is 2. The Bertz CT molecular complexity index is 1000. The standard InChI is InChI=1S/C22H22O6/c1-11(2)3-4-14-15(7-12-5-6-27-22(12)21(14)26)18-10-17(25)20-16(24)8-13(23)9-19(20)28-18/h3,7-9,18,23-24,26H,4-6,10H2,1-2H3. The molecule has 0 amide bonds. The van der Waals surface area contributed by atoms with Gasteiger partial charge in [-0.2, -0.15) is 0 Å². The third kappa shape index (κ3) is 3.05. The van der Waals surface area contributed by atoms with Gasteiger partial charge in [-0.05, 0) is 26.3 Å². The number of allylic oxidation sites excluding steroid dienone is 2. The number of benzene rings is 2. The van der Waals surface area contributed by atoms with Crippen molar-refractivity contribution in [2.45, 2.75) is 39.2 Å². The minimum Gasteiger partial charge on any atom is -0.508 e. The highest BCUT2D eigenvalue weighted by molar-refractivity contribution is 6.02. The molecule has 2 aliphatic heterocycles. The Hall–Kier alpha value is -3.15. The molecule has 2 aromatic rings. The maximum atomic E-state index is 12.7. The van der Waals surface area contributed by atoms with Crippen molar-refractivity contribution in [1.29, 1.82) is 0 Å². The van der Waals surface area contributed by atoms with E-state index in [1.807, 2.05) is 26.0 Å². The lowest BCUT2D eigenvalue weighted by atomic mass is 9.89. The second-order valence-corrected chi connectivity index (χ2v) is 7.44. The molecule has 0 saturated heterocycles. The van der Waals surface area contributed by atoms with Crippen LogP contribution in [0.5, 0.6) is 28.7 Å².